The van der Waals surface area contributed by atoms with Crippen LogP contribution in [-0.4, -0.2) is 21.8 Å². The summed E-state index contributed by atoms with van der Waals surface area (Å²) in [5.74, 6) is 0.650. The number of hydrogen-bond donors (Lipinski definition) is 2. The van der Waals surface area contributed by atoms with Crippen LogP contribution >= 0.6 is 0 Å². The number of rotatable bonds is 0. The van der Waals surface area contributed by atoms with Crippen LogP contribution in [0.2, 0.25) is 0 Å². The molecule has 0 radical (unpaired) electrons. The van der Waals surface area contributed by atoms with Gasteiger partial charge in [-0.3, -0.25) is 0 Å². The Morgan fingerprint density at radius 1 is 0.833 bits per heavy atom. The summed E-state index contributed by atoms with van der Waals surface area (Å²) in [6.45, 7) is 0. The average molecular weight is 168 g/mol. The van der Waals surface area contributed by atoms with Crippen molar-refractivity contribution < 1.29 is 10.4 Å². The molecule has 0 atom stereocenters. The molecule has 0 saturated heterocycles. The lowest BCUT2D eigenvalue weighted by molar-refractivity contribution is 0.285. The van der Waals surface area contributed by atoms with Crippen LogP contribution in [0.3, 0.4) is 0 Å². The van der Waals surface area contributed by atoms with Gasteiger partial charge in [-0.15, -0.1) is 0 Å². The highest BCUT2D eigenvalue weighted by Gasteiger charge is 2.39. The molecule has 12 heavy (non-hydrogen) atoms. The zero-order valence-corrected chi connectivity index (χ0v) is 6.77. The quantitative estimate of drug-likeness (QED) is 0.425. The van der Waals surface area contributed by atoms with E-state index in [-0.39, 0.29) is 0 Å². The van der Waals surface area contributed by atoms with Crippen molar-refractivity contribution in [3.63, 3.8) is 0 Å². The van der Waals surface area contributed by atoms with Gasteiger partial charge in [-0.1, -0.05) is 10.3 Å². The molecule has 0 aliphatic heterocycles. The summed E-state index contributed by atoms with van der Waals surface area (Å²) in [6, 6.07) is 0. The lowest BCUT2D eigenvalue weighted by atomic mass is 9.68. The Kier molecular flexibility index (Phi) is 1.75. The molecule has 0 unspecified atom stereocenters. The van der Waals surface area contributed by atoms with Gasteiger partial charge in [-0.25, -0.2) is 0 Å². The second kappa shape index (κ2) is 2.77. The molecule has 3 saturated carbocycles. The monoisotopic (exact) mass is 168 g/mol. The molecule has 3 aliphatic rings. The van der Waals surface area contributed by atoms with Crippen LogP contribution in [0.1, 0.15) is 25.7 Å². The molecule has 0 aromatic heterocycles. The fourth-order valence-corrected chi connectivity index (χ4v) is 2.32. The smallest absolute Gasteiger partial charge is 0.108 e. The van der Waals surface area contributed by atoms with E-state index in [1.165, 1.54) is 0 Å². The molecule has 66 valence electrons. The van der Waals surface area contributed by atoms with Crippen molar-refractivity contribution in [2.24, 2.45) is 22.1 Å². The van der Waals surface area contributed by atoms with Gasteiger partial charge in [0, 0.05) is 11.8 Å². The number of nitrogens with zero attached hydrogens (tertiary/aromatic N) is 2. The first kappa shape index (κ1) is 7.58. The van der Waals surface area contributed by atoms with Gasteiger partial charge in [-0.2, -0.15) is 0 Å². The van der Waals surface area contributed by atoms with Crippen molar-refractivity contribution in [2.75, 3.05) is 0 Å². The summed E-state index contributed by atoms with van der Waals surface area (Å²) in [5, 5.41) is 23.8. The maximum absolute atomic E-state index is 8.71. The van der Waals surface area contributed by atoms with Crippen LogP contribution in [0.5, 0.6) is 0 Å². The van der Waals surface area contributed by atoms with E-state index < -0.39 is 0 Å². The number of oxime groups is 2. The van der Waals surface area contributed by atoms with Crippen LogP contribution < -0.4 is 0 Å². The SMILES string of the molecule is O/N=C1\C(=N\O)C2CCC1CC2. The molecular formula is C8H12N2O2. The van der Waals surface area contributed by atoms with Crippen LogP contribution in [0.4, 0.5) is 0 Å². The van der Waals surface area contributed by atoms with Crippen molar-refractivity contribution >= 4 is 11.4 Å². The maximum Gasteiger partial charge on any atom is 0.108 e. The van der Waals surface area contributed by atoms with Gasteiger partial charge in [0.15, 0.2) is 0 Å². The van der Waals surface area contributed by atoms with E-state index in [9.17, 15) is 0 Å². The third-order valence-electron chi connectivity index (χ3n) is 2.98. The Bertz CT molecular complexity index is 213. The minimum Gasteiger partial charge on any atom is -0.411 e. The van der Waals surface area contributed by atoms with Gasteiger partial charge in [0.25, 0.3) is 0 Å². The van der Waals surface area contributed by atoms with Gasteiger partial charge in [0.2, 0.25) is 0 Å². The van der Waals surface area contributed by atoms with Crippen LogP contribution in [-0.2, 0) is 0 Å². The van der Waals surface area contributed by atoms with Gasteiger partial charge in [-0.05, 0) is 25.7 Å². The molecule has 0 spiro atoms. The van der Waals surface area contributed by atoms with Gasteiger partial charge in [0.1, 0.15) is 11.4 Å². The Balaban J connectivity index is 2.34. The molecule has 0 aromatic rings. The topological polar surface area (TPSA) is 65.2 Å². The van der Waals surface area contributed by atoms with Crippen LogP contribution in [0, 0.1) is 11.8 Å². The summed E-state index contributed by atoms with van der Waals surface area (Å²) in [5.41, 5.74) is 1.22. The molecule has 3 rings (SSSR count). The zero-order valence-electron chi connectivity index (χ0n) is 6.77. The fourth-order valence-electron chi connectivity index (χ4n) is 2.32. The van der Waals surface area contributed by atoms with Gasteiger partial charge >= 0.3 is 0 Å². The van der Waals surface area contributed by atoms with Crippen molar-refractivity contribution in [1.82, 2.24) is 0 Å². The third-order valence-corrected chi connectivity index (χ3v) is 2.98. The molecular weight excluding hydrogens is 156 g/mol. The van der Waals surface area contributed by atoms with E-state index in [2.05, 4.69) is 10.3 Å². The summed E-state index contributed by atoms with van der Waals surface area (Å²) >= 11 is 0. The Morgan fingerprint density at radius 3 is 1.42 bits per heavy atom. The normalized spacial score (nSPS) is 41.0. The van der Waals surface area contributed by atoms with E-state index in [0.29, 0.717) is 23.3 Å². The average Bonchev–Trinajstić information content (AvgIpc) is 2.18. The van der Waals surface area contributed by atoms with E-state index in [4.69, 9.17) is 10.4 Å². The second-order valence-electron chi connectivity index (χ2n) is 3.52. The molecule has 3 fully saturated rings. The van der Waals surface area contributed by atoms with E-state index in [1.807, 2.05) is 0 Å². The van der Waals surface area contributed by atoms with E-state index in [1.54, 1.807) is 0 Å². The minimum absolute atomic E-state index is 0.325. The molecule has 2 N–H and O–H groups in total. The molecule has 4 nitrogen and oxygen atoms in total. The van der Waals surface area contributed by atoms with Crippen molar-refractivity contribution in [2.45, 2.75) is 25.7 Å². The van der Waals surface area contributed by atoms with Crippen LogP contribution in [0.25, 0.3) is 0 Å². The maximum atomic E-state index is 8.71. The molecule has 2 bridgehead atoms. The second-order valence-corrected chi connectivity index (χ2v) is 3.52. The largest absolute Gasteiger partial charge is 0.411 e. The fraction of sp³-hybridized carbons (Fsp3) is 0.750. The predicted molar refractivity (Wildman–Crippen MR) is 43.9 cm³/mol. The minimum atomic E-state index is 0.325. The summed E-state index contributed by atoms with van der Waals surface area (Å²) in [7, 11) is 0. The third kappa shape index (κ3) is 0.906. The van der Waals surface area contributed by atoms with Crippen molar-refractivity contribution in [3.05, 3.63) is 0 Å². The van der Waals surface area contributed by atoms with Crippen molar-refractivity contribution in [3.8, 4) is 0 Å². The predicted octanol–water partition coefficient (Wildman–Crippen LogP) is 1.47. The van der Waals surface area contributed by atoms with E-state index >= 15 is 0 Å². The van der Waals surface area contributed by atoms with Crippen molar-refractivity contribution in [1.29, 1.82) is 0 Å². The first-order valence-electron chi connectivity index (χ1n) is 4.31. The number of hydrogen-bond acceptors (Lipinski definition) is 4. The van der Waals surface area contributed by atoms with Gasteiger partial charge < -0.3 is 10.4 Å². The lowest BCUT2D eigenvalue weighted by Crippen LogP contribution is -2.41. The highest BCUT2D eigenvalue weighted by Crippen LogP contribution is 2.37. The first-order chi connectivity index (χ1) is 5.86. The molecule has 0 heterocycles. The Hall–Kier alpha value is -1.06. The summed E-state index contributed by atoms with van der Waals surface area (Å²) in [4.78, 5) is 0. The molecule has 4 heteroatoms. The Morgan fingerprint density at radius 2 is 1.17 bits per heavy atom. The molecule has 3 aliphatic carbocycles. The summed E-state index contributed by atoms with van der Waals surface area (Å²) < 4.78 is 0. The highest BCUT2D eigenvalue weighted by molar-refractivity contribution is 6.44. The summed E-state index contributed by atoms with van der Waals surface area (Å²) in [6.07, 6.45) is 4.29. The zero-order chi connectivity index (χ0) is 8.55. The highest BCUT2D eigenvalue weighted by atomic mass is 16.4. The lowest BCUT2D eigenvalue weighted by Gasteiger charge is -2.36. The number of fused-ring (bicyclic) bond motifs is 3. The molecule has 0 amide bonds. The van der Waals surface area contributed by atoms with Crippen LogP contribution in [0.15, 0.2) is 10.3 Å². The van der Waals surface area contributed by atoms with Gasteiger partial charge in [0.05, 0.1) is 0 Å². The Labute approximate surface area is 70.6 Å². The van der Waals surface area contributed by atoms with E-state index in [0.717, 1.165) is 25.7 Å². The standard InChI is InChI=1S/C8H12N2O2/c11-9-7-5-1-2-6(4-3-5)8(7)10-12/h5-6,11-12H,1-4H2/b9-7-,10-8+. The first-order valence-corrected chi connectivity index (χ1v) is 4.31. The molecule has 0 aromatic carbocycles.